The quantitative estimate of drug-likeness (QED) is 0.389. The Kier molecular flexibility index (Phi) is 4.99. The number of alkyl halides is 1. The number of halogens is 1. The van der Waals surface area contributed by atoms with Crippen LogP contribution in [0.4, 0.5) is 0 Å². The van der Waals surface area contributed by atoms with E-state index in [1.165, 1.54) is 38.5 Å². The minimum absolute atomic E-state index is 0.677. The van der Waals surface area contributed by atoms with Crippen LogP contribution in [0.15, 0.2) is 12.1 Å². The molecule has 2 bridgehead atoms. The zero-order valence-electron chi connectivity index (χ0n) is 11.0. The third-order valence-corrected chi connectivity index (χ3v) is 5.39. The molecule has 0 amide bonds. The molecule has 0 aromatic carbocycles. The van der Waals surface area contributed by atoms with Gasteiger partial charge >= 0.3 is 0 Å². The summed E-state index contributed by atoms with van der Waals surface area (Å²) in [4.78, 5) is 0. The predicted molar refractivity (Wildman–Crippen MR) is 77.1 cm³/mol. The van der Waals surface area contributed by atoms with Gasteiger partial charge in [0.1, 0.15) is 6.35 Å². The molecule has 2 aliphatic heterocycles. The van der Waals surface area contributed by atoms with Gasteiger partial charge in [-0.15, -0.1) is 29.3 Å². The van der Waals surface area contributed by atoms with Crippen LogP contribution in [0.1, 0.15) is 51.4 Å². The van der Waals surface area contributed by atoms with Gasteiger partial charge in [0, 0.05) is 5.88 Å². The number of rotatable bonds is 5. The van der Waals surface area contributed by atoms with Gasteiger partial charge in [-0.1, -0.05) is 38.5 Å². The van der Waals surface area contributed by atoms with E-state index < -0.39 is 6.35 Å². The Morgan fingerprint density at radius 2 is 1.76 bits per heavy atom. The molecule has 2 heterocycles. The van der Waals surface area contributed by atoms with Gasteiger partial charge in [-0.3, -0.25) is 0 Å². The highest BCUT2D eigenvalue weighted by molar-refractivity contribution is 6.81. The molecule has 0 atom stereocenters. The first kappa shape index (κ1) is 13.5. The van der Waals surface area contributed by atoms with Gasteiger partial charge in [-0.05, 0) is 20.0 Å². The van der Waals surface area contributed by atoms with Crippen molar-refractivity contribution >= 4 is 17.9 Å². The molecule has 0 radical (unpaired) electrons. The standard InChI is InChI=1S/C14H25BClO/c1-17-15(11-3-2-4-12-16)13-7-5-8-14(15)10-6-9-13/h3,11,13-14H,2,4-10,12H2,1H3/q-1/b11-3+. The van der Waals surface area contributed by atoms with Crippen molar-refractivity contribution in [1.29, 1.82) is 0 Å². The van der Waals surface area contributed by atoms with E-state index in [9.17, 15) is 0 Å². The Hall–Kier alpha value is 0.0549. The van der Waals surface area contributed by atoms with Crippen LogP contribution in [-0.4, -0.2) is 19.3 Å². The Balaban J connectivity index is 2.08. The maximum absolute atomic E-state index is 6.07. The van der Waals surface area contributed by atoms with Crippen LogP contribution in [0.5, 0.6) is 0 Å². The fraction of sp³-hybridized carbons (Fsp3) is 0.857. The lowest BCUT2D eigenvalue weighted by atomic mass is 9.20. The molecule has 2 rings (SSSR count). The van der Waals surface area contributed by atoms with E-state index in [1.54, 1.807) is 0 Å². The zero-order chi connectivity index (χ0) is 12.1. The first-order valence-corrected chi connectivity index (χ1v) is 7.82. The van der Waals surface area contributed by atoms with Crippen LogP contribution in [-0.2, 0) is 4.65 Å². The van der Waals surface area contributed by atoms with Crippen molar-refractivity contribution in [3.05, 3.63) is 12.1 Å². The number of fused-ring (bicyclic) bond motifs is 2. The summed E-state index contributed by atoms with van der Waals surface area (Å²) in [6.07, 6.45) is 12.2. The Morgan fingerprint density at radius 1 is 1.18 bits per heavy atom. The van der Waals surface area contributed by atoms with Crippen molar-refractivity contribution in [1.82, 2.24) is 0 Å². The molecule has 2 aliphatic rings. The highest BCUT2D eigenvalue weighted by Gasteiger charge is 2.42. The maximum atomic E-state index is 6.07. The van der Waals surface area contributed by atoms with Crippen LogP contribution < -0.4 is 0 Å². The average molecular weight is 256 g/mol. The third-order valence-electron chi connectivity index (χ3n) is 5.12. The molecular weight excluding hydrogens is 230 g/mol. The third kappa shape index (κ3) is 2.73. The maximum Gasteiger partial charge on any atom is 0.140 e. The first-order valence-electron chi connectivity index (χ1n) is 7.29. The monoisotopic (exact) mass is 255 g/mol. The summed E-state index contributed by atoms with van der Waals surface area (Å²) < 4.78 is 6.07. The van der Waals surface area contributed by atoms with Crippen molar-refractivity contribution < 1.29 is 4.65 Å². The fourth-order valence-electron chi connectivity index (χ4n) is 4.28. The van der Waals surface area contributed by atoms with Crippen LogP contribution in [0, 0.1) is 0 Å². The van der Waals surface area contributed by atoms with Gasteiger partial charge in [-0.2, -0.15) is 0 Å². The topological polar surface area (TPSA) is 9.23 Å². The normalized spacial score (nSPS) is 37.5. The molecule has 98 valence electrons. The van der Waals surface area contributed by atoms with Crippen molar-refractivity contribution in [2.45, 2.75) is 63.0 Å². The summed E-state index contributed by atoms with van der Waals surface area (Å²) >= 11 is 5.73. The number of hydrogen-bond donors (Lipinski definition) is 0. The summed E-state index contributed by atoms with van der Waals surface area (Å²) in [5, 5.41) is 0. The molecule has 3 heteroatoms. The second kappa shape index (κ2) is 6.29. The number of unbranched alkanes of at least 4 members (excludes halogenated alkanes) is 1. The van der Waals surface area contributed by atoms with Crippen molar-refractivity contribution in [2.24, 2.45) is 0 Å². The second-order valence-electron chi connectivity index (χ2n) is 5.86. The average Bonchev–Trinajstić information content (AvgIpc) is 2.34. The van der Waals surface area contributed by atoms with Gasteiger partial charge in [0.15, 0.2) is 0 Å². The van der Waals surface area contributed by atoms with E-state index in [-0.39, 0.29) is 0 Å². The number of hydrogen-bond acceptors (Lipinski definition) is 1. The van der Waals surface area contributed by atoms with Gasteiger partial charge in [0.05, 0.1) is 0 Å². The molecule has 2 saturated heterocycles. The highest BCUT2D eigenvalue weighted by Crippen LogP contribution is 2.53. The molecule has 0 aromatic rings. The molecule has 0 saturated carbocycles. The molecule has 0 unspecified atom stereocenters. The van der Waals surface area contributed by atoms with Gasteiger partial charge in [0.25, 0.3) is 0 Å². The first-order chi connectivity index (χ1) is 8.33. The molecular formula is C14H25BClO-. The van der Waals surface area contributed by atoms with E-state index in [1.807, 2.05) is 7.11 Å². The van der Waals surface area contributed by atoms with Crippen LogP contribution in [0.2, 0.25) is 11.6 Å². The van der Waals surface area contributed by atoms with E-state index in [0.717, 1.165) is 30.4 Å². The molecule has 0 aliphatic carbocycles. The number of allylic oxidation sites excluding steroid dienone is 1. The SMILES string of the molecule is CO[B-]1(/C=C/CCCCl)C2CCCC1CCC2. The minimum Gasteiger partial charge on any atom is -0.588 e. The van der Waals surface area contributed by atoms with Gasteiger partial charge in [0.2, 0.25) is 0 Å². The van der Waals surface area contributed by atoms with Crippen LogP contribution in [0.3, 0.4) is 0 Å². The summed E-state index contributed by atoms with van der Waals surface area (Å²) in [5.74, 6) is 4.85. The van der Waals surface area contributed by atoms with Crippen molar-refractivity contribution in [2.75, 3.05) is 13.0 Å². The minimum atomic E-state index is -0.677. The Labute approximate surface area is 111 Å². The summed E-state index contributed by atoms with van der Waals surface area (Å²) in [5.41, 5.74) is 0. The largest absolute Gasteiger partial charge is 0.588 e. The highest BCUT2D eigenvalue weighted by atomic mass is 35.5. The summed E-state index contributed by atoms with van der Waals surface area (Å²) in [6, 6.07) is 0. The van der Waals surface area contributed by atoms with Crippen molar-refractivity contribution in [3.8, 4) is 0 Å². The molecule has 17 heavy (non-hydrogen) atoms. The summed E-state index contributed by atoms with van der Waals surface area (Å²) in [7, 11) is 1.93. The smallest absolute Gasteiger partial charge is 0.140 e. The molecule has 2 fully saturated rings. The lowest BCUT2D eigenvalue weighted by Crippen LogP contribution is -2.50. The zero-order valence-corrected chi connectivity index (χ0v) is 11.8. The molecule has 0 spiro atoms. The summed E-state index contributed by atoms with van der Waals surface area (Å²) in [6.45, 7) is 0. The van der Waals surface area contributed by atoms with E-state index in [4.69, 9.17) is 16.3 Å². The fourth-order valence-corrected chi connectivity index (χ4v) is 4.44. The molecule has 0 N–H and O–H groups in total. The Bertz CT molecular complexity index is 245. The predicted octanol–water partition coefficient (Wildman–Crippen LogP) is 4.80. The van der Waals surface area contributed by atoms with Gasteiger partial charge < -0.3 is 4.65 Å². The molecule has 0 aromatic heterocycles. The van der Waals surface area contributed by atoms with Gasteiger partial charge in [-0.25, -0.2) is 5.98 Å². The van der Waals surface area contributed by atoms with Crippen molar-refractivity contribution in [3.63, 3.8) is 0 Å². The van der Waals surface area contributed by atoms with Crippen LogP contribution in [0.25, 0.3) is 0 Å². The molecule has 1 nitrogen and oxygen atoms in total. The lowest BCUT2D eigenvalue weighted by molar-refractivity contribution is 0.308. The van der Waals surface area contributed by atoms with E-state index in [2.05, 4.69) is 12.1 Å². The second-order valence-corrected chi connectivity index (χ2v) is 6.24. The van der Waals surface area contributed by atoms with E-state index in [0.29, 0.717) is 0 Å². The van der Waals surface area contributed by atoms with Crippen LogP contribution >= 0.6 is 11.6 Å². The lowest BCUT2D eigenvalue weighted by Gasteiger charge is -2.57. The Morgan fingerprint density at radius 3 is 2.24 bits per heavy atom. The van der Waals surface area contributed by atoms with E-state index >= 15 is 0 Å².